The first-order chi connectivity index (χ1) is 7.61. The zero-order valence-electron chi connectivity index (χ0n) is 9.98. The molecule has 1 saturated carbocycles. The van der Waals surface area contributed by atoms with Crippen molar-refractivity contribution in [2.24, 2.45) is 5.41 Å². The van der Waals surface area contributed by atoms with Gasteiger partial charge in [0.1, 0.15) is 12.0 Å². The first kappa shape index (κ1) is 11.4. The molecular weight excluding hydrogens is 202 g/mol. The van der Waals surface area contributed by atoms with Crippen molar-refractivity contribution < 1.29 is 9.21 Å². The lowest BCUT2D eigenvalue weighted by Gasteiger charge is -2.28. The van der Waals surface area contributed by atoms with E-state index < -0.39 is 0 Å². The molecule has 0 amide bonds. The number of hydrogen-bond acceptors (Lipinski definition) is 3. The van der Waals surface area contributed by atoms with Crippen LogP contribution in [0, 0.1) is 5.41 Å². The van der Waals surface area contributed by atoms with Gasteiger partial charge in [-0.3, -0.25) is 4.90 Å². The summed E-state index contributed by atoms with van der Waals surface area (Å²) in [5.74, 6) is 0.980. The van der Waals surface area contributed by atoms with Crippen molar-refractivity contribution in [3.8, 4) is 0 Å². The van der Waals surface area contributed by atoms with Crippen molar-refractivity contribution in [3.63, 3.8) is 0 Å². The first-order valence-electron chi connectivity index (χ1n) is 5.83. The second-order valence-corrected chi connectivity index (χ2v) is 5.32. The average molecular weight is 221 g/mol. The lowest BCUT2D eigenvalue weighted by atomic mass is 9.95. The van der Waals surface area contributed by atoms with Crippen LogP contribution in [-0.4, -0.2) is 23.8 Å². The number of hydrogen-bond donors (Lipinski definition) is 0. The Bertz CT molecular complexity index is 339. The second-order valence-electron chi connectivity index (χ2n) is 5.32. The second kappa shape index (κ2) is 4.42. The molecule has 0 aromatic carbocycles. The number of furan rings is 1. The van der Waals surface area contributed by atoms with Crippen molar-refractivity contribution in [3.05, 3.63) is 24.2 Å². The molecule has 3 heteroatoms. The third-order valence-electron chi connectivity index (χ3n) is 2.93. The summed E-state index contributed by atoms with van der Waals surface area (Å²) in [6, 6.07) is 4.54. The van der Waals surface area contributed by atoms with E-state index in [4.69, 9.17) is 4.42 Å². The van der Waals surface area contributed by atoms with Crippen LogP contribution in [0.1, 0.15) is 32.4 Å². The van der Waals surface area contributed by atoms with Gasteiger partial charge in [0.15, 0.2) is 0 Å². The highest BCUT2D eigenvalue weighted by atomic mass is 16.3. The van der Waals surface area contributed by atoms with Gasteiger partial charge in [0.05, 0.1) is 12.8 Å². The molecule has 0 saturated heterocycles. The lowest BCUT2D eigenvalue weighted by Crippen LogP contribution is -2.36. The molecule has 0 aliphatic heterocycles. The fraction of sp³-hybridized carbons (Fsp3) is 0.615. The van der Waals surface area contributed by atoms with Crippen molar-refractivity contribution in [1.82, 2.24) is 4.90 Å². The van der Waals surface area contributed by atoms with Crippen LogP contribution in [0.4, 0.5) is 0 Å². The van der Waals surface area contributed by atoms with Gasteiger partial charge in [-0.15, -0.1) is 0 Å². The molecule has 3 nitrogen and oxygen atoms in total. The Labute approximate surface area is 96.4 Å². The van der Waals surface area contributed by atoms with E-state index in [1.165, 1.54) is 12.8 Å². The Balaban J connectivity index is 1.98. The Morgan fingerprint density at radius 1 is 1.56 bits per heavy atom. The van der Waals surface area contributed by atoms with Crippen LogP contribution in [0.5, 0.6) is 0 Å². The summed E-state index contributed by atoms with van der Waals surface area (Å²) in [6.07, 6.45) is 5.24. The maximum atomic E-state index is 11.0. The van der Waals surface area contributed by atoms with Crippen LogP contribution in [0.25, 0.3) is 0 Å². The molecule has 16 heavy (non-hydrogen) atoms. The van der Waals surface area contributed by atoms with E-state index in [0.29, 0.717) is 6.04 Å². The number of carbonyl (C=O) groups excluding carboxylic acids is 1. The van der Waals surface area contributed by atoms with Gasteiger partial charge < -0.3 is 9.21 Å². The highest BCUT2D eigenvalue weighted by Crippen LogP contribution is 2.30. The average Bonchev–Trinajstić information content (AvgIpc) is 2.97. The summed E-state index contributed by atoms with van der Waals surface area (Å²) >= 11 is 0. The molecule has 0 atom stereocenters. The lowest BCUT2D eigenvalue weighted by molar-refractivity contribution is -0.115. The van der Waals surface area contributed by atoms with Crippen LogP contribution in [0.2, 0.25) is 0 Å². The van der Waals surface area contributed by atoms with Gasteiger partial charge in [-0.05, 0) is 25.0 Å². The van der Waals surface area contributed by atoms with Gasteiger partial charge in [0, 0.05) is 18.0 Å². The Hall–Kier alpha value is -1.09. The number of rotatable bonds is 6. The van der Waals surface area contributed by atoms with Gasteiger partial charge in [-0.1, -0.05) is 13.8 Å². The summed E-state index contributed by atoms with van der Waals surface area (Å²) in [5.41, 5.74) is -0.269. The Morgan fingerprint density at radius 2 is 2.31 bits per heavy atom. The summed E-state index contributed by atoms with van der Waals surface area (Å²) in [7, 11) is 0. The predicted octanol–water partition coefficient (Wildman–Crippen LogP) is 2.47. The van der Waals surface area contributed by atoms with E-state index in [1.807, 2.05) is 26.0 Å². The number of nitrogens with zero attached hydrogens (tertiary/aromatic N) is 1. The Kier molecular flexibility index (Phi) is 3.15. The zero-order valence-corrected chi connectivity index (χ0v) is 9.98. The minimum Gasteiger partial charge on any atom is -0.468 e. The monoisotopic (exact) mass is 221 g/mol. The maximum absolute atomic E-state index is 11.0. The summed E-state index contributed by atoms with van der Waals surface area (Å²) in [5, 5.41) is 0. The molecule has 0 N–H and O–H groups in total. The molecule has 1 fully saturated rings. The van der Waals surface area contributed by atoms with E-state index in [0.717, 1.165) is 25.1 Å². The highest BCUT2D eigenvalue weighted by molar-refractivity contribution is 5.58. The van der Waals surface area contributed by atoms with Crippen molar-refractivity contribution in [2.45, 2.75) is 39.3 Å². The molecule has 88 valence electrons. The maximum Gasteiger partial charge on any atom is 0.126 e. The molecule has 0 unspecified atom stereocenters. The van der Waals surface area contributed by atoms with Gasteiger partial charge in [-0.25, -0.2) is 0 Å². The highest BCUT2D eigenvalue weighted by Gasteiger charge is 2.33. The van der Waals surface area contributed by atoms with Crippen LogP contribution >= 0.6 is 0 Å². The van der Waals surface area contributed by atoms with E-state index in [2.05, 4.69) is 4.90 Å². The number of carbonyl (C=O) groups is 1. The SMILES string of the molecule is CC(C)(C=O)CN(Cc1ccco1)C1CC1. The minimum atomic E-state index is -0.269. The quantitative estimate of drug-likeness (QED) is 0.692. The fourth-order valence-corrected chi connectivity index (χ4v) is 1.92. The van der Waals surface area contributed by atoms with Crippen LogP contribution < -0.4 is 0 Å². The molecule has 1 heterocycles. The largest absolute Gasteiger partial charge is 0.468 e. The third kappa shape index (κ3) is 2.95. The summed E-state index contributed by atoms with van der Waals surface area (Å²) in [4.78, 5) is 13.3. The Morgan fingerprint density at radius 3 is 2.81 bits per heavy atom. The molecule has 0 spiro atoms. The van der Waals surface area contributed by atoms with E-state index in [1.54, 1.807) is 6.26 Å². The molecule has 1 aliphatic rings. The molecule has 1 aliphatic carbocycles. The topological polar surface area (TPSA) is 33.5 Å². The molecule has 0 radical (unpaired) electrons. The summed E-state index contributed by atoms with van der Waals surface area (Å²) < 4.78 is 5.36. The smallest absolute Gasteiger partial charge is 0.126 e. The minimum absolute atomic E-state index is 0.269. The van der Waals surface area contributed by atoms with Crippen LogP contribution in [0.3, 0.4) is 0 Å². The zero-order chi connectivity index (χ0) is 11.6. The van der Waals surface area contributed by atoms with E-state index in [-0.39, 0.29) is 5.41 Å². The third-order valence-corrected chi connectivity index (χ3v) is 2.93. The number of aldehydes is 1. The first-order valence-corrected chi connectivity index (χ1v) is 5.83. The summed E-state index contributed by atoms with van der Waals surface area (Å²) in [6.45, 7) is 5.59. The van der Waals surface area contributed by atoms with Crippen LogP contribution in [-0.2, 0) is 11.3 Å². The van der Waals surface area contributed by atoms with E-state index >= 15 is 0 Å². The fourth-order valence-electron chi connectivity index (χ4n) is 1.92. The van der Waals surface area contributed by atoms with Gasteiger partial charge in [0.25, 0.3) is 0 Å². The molecular formula is C13H19NO2. The normalized spacial score (nSPS) is 16.7. The van der Waals surface area contributed by atoms with Crippen molar-refractivity contribution in [2.75, 3.05) is 6.54 Å². The van der Waals surface area contributed by atoms with Gasteiger partial charge >= 0.3 is 0 Å². The van der Waals surface area contributed by atoms with Gasteiger partial charge in [-0.2, -0.15) is 0 Å². The van der Waals surface area contributed by atoms with Crippen LogP contribution in [0.15, 0.2) is 22.8 Å². The molecule has 1 aromatic heterocycles. The molecule has 1 aromatic rings. The standard InChI is InChI=1S/C13H19NO2/c1-13(2,10-15)9-14(11-5-6-11)8-12-4-3-7-16-12/h3-4,7,10-11H,5-6,8-9H2,1-2H3. The van der Waals surface area contributed by atoms with Crippen molar-refractivity contribution >= 4 is 6.29 Å². The molecule has 0 bridgehead atoms. The van der Waals surface area contributed by atoms with Crippen molar-refractivity contribution in [1.29, 1.82) is 0 Å². The van der Waals surface area contributed by atoms with Gasteiger partial charge in [0.2, 0.25) is 0 Å². The molecule has 2 rings (SSSR count). The van der Waals surface area contributed by atoms with E-state index in [9.17, 15) is 4.79 Å². The predicted molar refractivity (Wildman–Crippen MR) is 62.0 cm³/mol.